The number of aryl methyl sites for hydroxylation is 1. The Morgan fingerprint density at radius 1 is 1.71 bits per heavy atom. The van der Waals surface area contributed by atoms with Crippen molar-refractivity contribution in [2.45, 2.75) is 19.4 Å². The number of aromatic amines is 1. The number of nitrogens with zero attached hydrogens (tertiary/aromatic N) is 2. The van der Waals surface area contributed by atoms with Crippen molar-refractivity contribution in [3.63, 3.8) is 0 Å². The van der Waals surface area contributed by atoms with Gasteiger partial charge in [-0.2, -0.15) is 11.8 Å². The van der Waals surface area contributed by atoms with Crippen LogP contribution in [-0.2, 0) is 0 Å². The predicted octanol–water partition coefficient (Wildman–Crippen LogP) is 0.348. The van der Waals surface area contributed by atoms with Crippen molar-refractivity contribution in [1.29, 1.82) is 0 Å². The lowest BCUT2D eigenvalue weighted by molar-refractivity contribution is 0.0931. The van der Waals surface area contributed by atoms with Crippen molar-refractivity contribution in [3.8, 4) is 0 Å². The van der Waals surface area contributed by atoms with Gasteiger partial charge in [0.1, 0.15) is 5.82 Å². The number of hydrogen-bond acceptors (Lipinski definition) is 4. The minimum atomic E-state index is -0.179. The van der Waals surface area contributed by atoms with E-state index in [0.717, 1.165) is 17.9 Å². The minimum absolute atomic E-state index is 0.179. The molecule has 2 rings (SSSR count). The van der Waals surface area contributed by atoms with Crippen LogP contribution >= 0.6 is 11.8 Å². The number of rotatable bonds is 2. The molecule has 14 heavy (non-hydrogen) atoms. The number of carbonyl (C=O) groups excluding carboxylic acids is 1. The van der Waals surface area contributed by atoms with E-state index in [1.54, 1.807) is 6.92 Å². The molecule has 0 radical (unpaired) electrons. The van der Waals surface area contributed by atoms with Crippen LogP contribution in [0.4, 0.5) is 0 Å². The molecular weight excluding hydrogens is 200 g/mol. The van der Waals surface area contributed by atoms with Gasteiger partial charge >= 0.3 is 0 Å². The van der Waals surface area contributed by atoms with Gasteiger partial charge in [-0.25, -0.2) is 4.98 Å². The predicted molar refractivity (Wildman–Crippen MR) is 54.3 cm³/mol. The molecule has 1 atom stereocenters. The maximum absolute atomic E-state index is 11.5. The van der Waals surface area contributed by atoms with Crippen molar-refractivity contribution >= 4 is 17.7 Å². The summed E-state index contributed by atoms with van der Waals surface area (Å²) in [4.78, 5) is 15.5. The van der Waals surface area contributed by atoms with Crippen LogP contribution in [0.1, 0.15) is 22.9 Å². The molecule has 1 aromatic heterocycles. The topological polar surface area (TPSA) is 70.7 Å². The Morgan fingerprint density at radius 2 is 2.57 bits per heavy atom. The van der Waals surface area contributed by atoms with Crippen LogP contribution in [0.3, 0.4) is 0 Å². The lowest BCUT2D eigenvalue weighted by atomic mass is 10.2. The van der Waals surface area contributed by atoms with Gasteiger partial charge < -0.3 is 5.32 Å². The molecule has 0 aliphatic carbocycles. The van der Waals surface area contributed by atoms with Crippen LogP contribution in [0.2, 0.25) is 0 Å². The molecular formula is C8H12N4OS. The van der Waals surface area contributed by atoms with Crippen molar-refractivity contribution in [2.75, 3.05) is 11.5 Å². The summed E-state index contributed by atoms with van der Waals surface area (Å²) in [5, 5.41) is 9.35. The van der Waals surface area contributed by atoms with Gasteiger partial charge in [0.05, 0.1) is 0 Å². The third-order valence-corrected chi connectivity index (χ3v) is 3.23. The zero-order valence-electron chi connectivity index (χ0n) is 7.91. The largest absolute Gasteiger partial charge is 0.346 e. The second kappa shape index (κ2) is 4.00. The highest BCUT2D eigenvalue weighted by Crippen LogP contribution is 2.17. The highest BCUT2D eigenvalue weighted by Gasteiger charge is 2.20. The number of hydrogen-bond donors (Lipinski definition) is 2. The summed E-state index contributed by atoms with van der Waals surface area (Å²) in [6.07, 6.45) is 1.04. The summed E-state index contributed by atoms with van der Waals surface area (Å²) < 4.78 is 0. The van der Waals surface area contributed by atoms with E-state index in [0.29, 0.717) is 5.82 Å². The average Bonchev–Trinajstić information content (AvgIpc) is 2.75. The highest BCUT2D eigenvalue weighted by atomic mass is 32.2. The molecule has 1 aliphatic rings. The number of thioether (sulfide) groups is 1. The van der Waals surface area contributed by atoms with E-state index >= 15 is 0 Å². The number of nitrogens with one attached hydrogen (secondary N) is 2. The van der Waals surface area contributed by atoms with E-state index in [1.807, 2.05) is 11.8 Å². The van der Waals surface area contributed by atoms with Gasteiger partial charge in [-0.15, -0.1) is 5.10 Å². The van der Waals surface area contributed by atoms with E-state index in [4.69, 9.17) is 0 Å². The molecule has 0 spiro atoms. The molecule has 5 nitrogen and oxygen atoms in total. The quantitative estimate of drug-likeness (QED) is 0.742. The van der Waals surface area contributed by atoms with Gasteiger partial charge in [-0.1, -0.05) is 0 Å². The van der Waals surface area contributed by atoms with E-state index in [1.165, 1.54) is 0 Å². The first-order chi connectivity index (χ1) is 6.75. The Bertz CT molecular complexity index is 332. The fourth-order valence-corrected chi connectivity index (χ4v) is 2.49. The molecule has 1 unspecified atom stereocenters. The van der Waals surface area contributed by atoms with Crippen LogP contribution in [0.25, 0.3) is 0 Å². The van der Waals surface area contributed by atoms with Crippen molar-refractivity contribution in [3.05, 3.63) is 11.6 Å². The molecule has 0 bridgehead atoms. The van der Waals surface area contributed by atoms with Gasteiger partial charge in [0, 0.05) is 11.8 Å². The summed E-state index contributed by atoms with van der Waals surface area (Å²) in [6, 6.07) is 0.284. The molecule has 1 aliphatic heterocycles. The number of amides is 1. The lowest BCUT2D eigenvalue weighted by Crippen LogP contribution is -2.35. The van der Waals surface area contributed by atoms with Crippen LogP contribution in [-0.4, -0.2) is 38.6 Å². The van der Waals surface area contributed by atoms with E-state index in [9.17, 15) is 4.79 Å². The molecule has 2 N–H and O–H groups in total. The normalized spacial score (nSPS) is 21.1. The number of H-pyrrole nitrogens is 1. The van der Waals surface area contributed by atoms with Crippen molar-refractivity contribution < 1.29 is 4.79 Å². The molecule has 1 saturated heterocycles. The van der Waals surface area contributed by atoms with Gasteiger partial charge in [0.25, 0.3) is 5.91 Å². The second-order valence-corrected chi connectivity index (χ2v) is 4.43. The van der Waals surface area contributed by atoms with E-state index < -0.39 is 0 Å². The Kier molecular flexibility index (Phi) is 2.72. The SMILES string of the molecule is Cc1nc(C(=O)NC2CCSC2)n[nH]1. The number of aromatic nitrogens is 3. The zero-order valence-corrected chi connectivity index (χ0v) is 8.73. The molecule has 0 saturated carbocycles. The minimum Gasteiger partial charge on any atom is -0.346 e. The smallest absolute Gasteiger partial charge is 0.291 e. The molecule has 6 heteroatoms. The Hall–Kier alpha value is -1.04. The monoisotopic (exact) mass is 212 g/mol. The molecule has 76 valence electrons. The molecule has 1 fully saturated rings. The Labute approximate surface area is 86.1 Å². The zero-order chi connectivity index (χ0) is 9.97. The van der Waals surface area contributed by atoms with E-state index in [2.05, 4.69) is 20.5 Å². The molecule has 2 heterocycles. The summed E-state index contributed by atoms with van der Waals surface area (Å²) in [7, 11) is 0. The summed E-state index contributed by atoms with van der Waals surface area (Å²) >= 11 is 1.86. The molecule has 1 amide bonds. The fraction of sp³-hybridized carbons (Fsp3) is 0.625. The Morgan fingerprint density at radius 3 is 3.14 bits per heavy atom. The summed E-state index contributed by atoms with van der Waals surface area (Å²) in [6.45, 7) is 1.77. The lowest BCUT2D eigenvalue weighted by Gasteiger charge is -2.08. The van der Waals surface area contributed by atoms with Crippen LogP contribution < -0.4 is 5.32 Å². The highest BCUT2D eigenvalue weighted by molar-refractivity contribution is 7.99. The van der Waals surface area contributed by atoms with Gasteiger partial charge in [-0.05, 0) is 19.1 Å². The van der Waals surface area contributed by atoms with Gasteiger partial charge in [0.2, 0.25) is 5.82 Å². The molecule has 1 aromatic rings. The average molecular weight is 212 g/mol. The second-order valence-electron chi connectivity index (χ2n) is 3.28. The summed E-state index contributed by atoms with van der Waals surface area (Å²) in [5.74, 6) is 2.84. The van der Waals surface area contributed by atoms with Crippen molar-refractivity contribution in [2.24, 2.45) is 0 Å². The van der Waals surface area contributed by atoms with Crippen molar-refractivity contribution in [1.82, 2.24) is 20.5 Å². The maximum Gasteiger partial charge on any atom is 0.291 e. The summed E-state index contributed by atoms with van der Waals surface area (Å²) in [5.41, 5.74) is 0. The van der Waals surface area contributed by atoms with E-state index in [-0.39, 0.29) is 17.8 Å². The third-order valence-electron chi connectivity index (χ3n) is 2.07. The van der Waals surface area contributed by atoms with Crippen LogP contribution in [0.15, 0.2) is 0 Å². The maximum atomic E-state index is 11.5. The standard InChI is InChI=1S/C8H12N4OS/c1-5-9-7(12-11-5)8(13)10-6-2-3-14-4-6/h6H,2-4H2,1H3,(H,10,13)(H,9,11,12). The van der Waals surface area contributed by atoms with Crippen LogP contribution in [0.5, 0.6) is 0 Å². The van der Waals surface area contributed by atoms with Crippen LogP contribution in [0, 0.1) is 6.92 Å². The first-order valence-corrected chi connectivity index (χ1v) is 5.69. The third kappa shape index (κ3) is 2.06. The number of carbonyl (C=O) groups is 1. The molecule has 0 aromatic carbocycles. The fourth-order valence-electron chi connectivity index (χ4n) is 1.34. The first kappa shape index (κ1) is 9.51. The first-order valence-electron chi connectivity index (χ1n) is 4.53. The van der Waals surface area contributed by atoms with Gasteiger partial charge in [0.15, 0.2) is 0 Å². The van der Waals surface area contributed by atoms with Gasteiger partial charge in [-0.3, -0.25) is 9.89 Å². The Balaban J connectivity index is 1.95.